The quantitative estimate of drug-likeness (QED) is 0.657. The molecular weight excluding hydrogens is 250 g/mol. The van der Waals surface area contributed by atoms with E-state index >= 15 is 0 Å². The number of aryl methyl sites for hydroxylation is 1. The molecule has 0 aliphatic rings. The zero-order chi connectivity index (χ0) is 14.3. The van der Waals surface area contributed by atoms with Crippen molar-refractivity contribution >= 4 is 12.0 Å². The fraction of sp³-hybridized carbons (Fsp3) is 0.636. The number of urea groups is 1. The summed E-state index contributed by atoms with van der Waals surface area (Å²) < 4.78 is 1.52. The molecule has 0 aromatic carbocycles. The summed E-state index contributed by atoms with van der Waals surface area (Å²) in [6.45, 7) is 2.12. The number of unbranched alkanes of at least 4 members (excludes halogenated alkanes) is 1. The Morgan fingerprint density at radius 1 is 1.53 bits per heavy atom. The third-order valence-electron chi connectivity index (χ3n) is 2.50. The number of aromatic nitrogens is 3. The number of hydrogen-bond donors (Lipinski definition) is 3. The molecular formula is C11H19N5O3. The van der Waals surface area contributed by atoms with Gasteiger partial charge in [0.25, 0.3) is 0 Å². The fourth-order valence-corrected chi connectivity index (χ4v) is 1.50. The highest BCUT2D eigenvalue weighted by Gasteiger charge is 2.18. The number of carboxylic acids is 1. The first-order chi connectivity index (χ1) is 9.02. The van der Waals surface area contributed by atoms with Crippen molar-refractivity contribution < 1.29 is 14.7 Å². The van der Waals surface area contributed by atoms with Crippen LogP contribution in [0.15, 0.2) is 6.33 Å². The Bertz CT molecular complexity index is 432. The number of amides is 2. The topological polar surface area (TPSA) is 109 Å². The molecule has 1 aromatic heterocycles. The Balaban J connectivity index is 2.37. The van der Waals surface area contributed by atoms with E-state index in [1.54, 1.807) is 7.05 Å². The normalized spacial score (nSPS) is 11.9. The second-order valence-electron chi connectivity index (χ2n) is 4.19. The molecule has 3 N–H and O–H groups in total. The van der Waals surface area contributed by atoms with Crippen LogP contribution in [0.5, 0.6) is 0 Å². The van der Waals surface area contributed by atoms with Gasteiger partial charge in [-0.2, -0.15) is 5.10 Å². The van der Waals surface area contributed by atoms with Gasteiger partial charge in [-0.15, -0.1) is 0 Å². The number of hydrogen-bond acceptors (Lipinski definition) is 4. The third-order valence-corrected chi connectivity index (χ3v) is 2.50. The van der Waals surface area contributed by atoms with Crippen molar-refractivity contribution in [1.29, 1.82) is 0 Å². The number of nitrogens with one attached hydrogen (secondary N) is 2. The second-order valence-corrected chi connectivity index (χ2v) is 4.19. The lowest BCUT2D eigenvalue weighted by molar-refractivity contribution is -0.139. The van der Waals surface area contributed by atoms with Crippen molar-refractivity contribution in [3.8, 4) is 0 Å². The average molecular weight is 269 g/mol. The highest BCUT2D eigenvalue weighted by molar-refractivity contribution is 5.82. The van der Waals surface area contributed by atoms with E-state index in [1.807, 2.05) is 6.92 Å². The number of nitrogens with zero attached hydrogens (tertiary/aromatic N) is 3. The van der Waals surface area contributed by atoms with Crippen molar-refractivity contribution in [1.82, 2.24) is 25.4 Å². The van der Waals surface area contributed by atoms with Crippen molar-refractivity contribution in [2.24, 2.45) is 7.05 Å². The highest BCUT2D eigenvalue weighted by Crippen LogP contribution is 2.00. The Kier molecular flexibility index (Phi) is 5.77. The monoisotopic (exact) mass is 269 g/mol. The number of carbonyl (C=O) groups excluding carboxylic acids is 1. The van der Waals surface area contributed by atoms with Gasteiger partial charge in [0, 0.05) is 7.05 Å². The molecule has 19 heavy (non-hydrogen) atoms. The van der Waals surface area contributed by atoms with Gasteiger partial charge in [0.1, 0.15) is 12.4 Å². The molecule has 0 spiro atoms. The van der Waals surface area contributed by atoms with Crippen molar-refractivity contribution in [3.05, 3.63) is 12.2 Å². The van der Waals surface area contributed by atoms with Gasteiger partial charge in [-0.25, -0.2) is 14.6 Å². The van der Waals surface area contributed by atoms with Crippen molar-refractivity contribution in [2.75, 3.05) is 0 Å². The molecule has 0 aliphatic heterocycles. The zero-order valence-electron chi connectivity index (χ0n) is 11.1. The minimum Gasteiger partial charge on any atom is -0.480 e. The lowest BCUT2D eigenvalue weighted by atomic mass is 10.1. The van der Waals surface area contributed by atoms with Crippen LogP contribution in [-0.4, -0.2) is 37.9 Å². The summed E-state index contributed by atoms with van der Waals surface area (Å²) >= 11 is 0. The van der Waals surface area contributed by atoms with E-state index in [9.17, 15) is 9.59 Å². The Morgan fingerprint density at radius 3 is 2.79 bits per heavy atom. The van der Waals surface area contributed by atoms with E-state index < -0.39 is 18.0 Å². The smallest absolute Gasteiger partial charge is 0.326 e. The highest BCUT2D eigenvalue weighted by atomic mass is 16.4. The first-order valence-corrected chi connectivity index (χ1v) is 6.14. The second kappa shape index (κ2) is 7.34. The minimum absolute atomic E-state index is 0.160. The number of aliphatic carboxylic acids is 1. The fourth-order valence-electron chi connectivity index (χ4n) is 1.50. The maximum absolute atomic E-state index is 11.6. The first-order valence-electron chi connectivity index (χ1n) is 6.14. The molecule has 1 aromatic rings. The molecule has 8 nitrogen and oxygen atoms in total. The average Bonchev–Trinajstić information content (AvgIpc) is 2.77. The van der Waals surface area contributed by atoms with Gasteiger partial charge in [-0.05, 0) is 6.42 Å². The van der Waals surface area contributed by atoms with Crippen LogP contribution in [0.1, 0.15) is 32.0 Å². The molecule has 0 saturated carbocycles. The van der Waals surface area contributed by atoms with Crippen LogP contribution >= 0.6 is 0 Å². The van der Waals surface area contributed by atoms with E-state index in [2.05, 4.69) is 20.7 Å². The van der Waals surface area contributed by atoms with Crippen LogP contribution in [0.25, 0.3) is 0 Å². The lowest BCUT2D eigenvalue weighted by Crippen LogP contribution is -2.45. The summed E-state index contributed by atoms with van der Waals surface area (Å²) in [7, 11) is 1.72. The van der Waals surface area contributed by atoms with E-state index in [-0.39, 0.29) is 6.54 Å². The van der Waals surface area contributed by atoms with Crippen LogP contribution in [0.2, 0.25) is 0 Å². The Morgan fingerprint density at radius 2 is 2.26 bits per heavy atom. The summed E-state index contributed by atoms with van der Waals surface area (Å²) in [6.07, 6.45) is 3.57. The SMILES string of the molecule is CCCCC(NC(=O)NCc1ncn(C)n1)C(=O)O. The molecule has 1 rings (SSSR count). The summed E-state index contributed by atoms with van der Waals surface area (Å²) in [4.78, 5) is 26.4. The van der Waals surface area contributed by atoms with Gasteiger partial charge in [-0.1, -0.05) is 19.8 Å². The zero-order valence-corrected chi connectivity index (χ0v) is 11.1. The summed E-state index contributed by atoms with van der Waals surface area (Å²) in [5.41, 5.74) is 0. The van der Waals surface area contributed by atoms with E-state index in [0.717, 1.165) is 12.8 Å². The van der Waals surface area contributed by atoms with Gasteiger partial charge in [-0.3, -0.25) is 4.68 Å². The maximum Gasteiger partial charge on any atom is 0.326 e. The summed E-state index contributed by atoms with van der Waals surface area (Å²) in [5, 5.41) is 17.9. The minimum atomic E-state index is -1.03. The van der Waals surface area contributed by atoms with E-state index in [4.69, 9.17) is 5.11 Å². The maximum atomic E-state index is 11.6. The van der Waals surface area contributed by atoms with Crippen molar-refractivity contribution in [3.63, 3.8) is 0 Å². The molecule has 0 fully saturated rings. The van der Waals surface area contributed by atoms with Gasteiger partial charge >= 0.3 is 12.0 Å². The van der Waals surface area contributed by atoms with Crippen molar-refractivity contribution in [2.45, 2.75) is 38.8 Å². The summed E-state index contributed by atoms with van der Waals surface area (Å²) in [6, 6.07) is -1.40. The van der Waals surface area contributed by atoms with E-state index in [0.29, 0.717) is 12.2 Å². The molecule has 1 atom stereocenters. The van der Waals surface area contributed by atoms with Crippen LogP contribution in [0.4, 0.5) is 4.79 Å². The van der Waals surface area contributed by atoms with Gasteiger partial charge in [0.15, 0.2) is 5.82 Å². The standard InChI is InChI=1S/C11H19N5O3/c1-3-4-5-8(10(17)18)14-11(19)12-6-9-13-7-16(2)15-9/h7-8H,3-6H2,1-2H3,(H,17,18)(H2,12,14,19). The predicted molar refractivity (Wildman–Crippen MR) is 67.3 cm³/mol. The first kappa shape index (κ1) is 14.9. The van der Waals surface area contributed by atoms with Crippen LogP contribution in [0.3, 0.4) is 0 Å². The molecule has 106 valence electrons. The van der Waals surface area contributed by atoms with Gasteiger partial charge in [0.05, 0.1) is 6.54 Å². The largest absolute Gasteiger partial charge is 0.480 e. The van der Waals surface area contributed by atoms with E-state index in [1.165, 1.54) is 11.0 Å². The molecule has 1 heterocycles. The predicted octanol–water partition coefficient (Wildman–Crippen LogP) is 0.258. The molecule has 0 saturated heterocycles. The third kappa shape index (κ3) is 5.36. The summed E-state index contributed by atoms with van der Waals surface area (Å²) in [5.74, 6) is -0.558. The molecule has 0 radical (unpaired) electrons. The van der Waals surface area contributed by atoms with Gasteiger partial charge < -0.3 is 15.7 Å². The van der Waals surface area contributed by atoms with Crippen LogP contribution in [0, 0.1) is 0 Å². The number of carbonyl (C=O) groups is 2. The Hall–Kier alpha value is -2.12. The molecule has 0 aliphatic carbocycles. The Labute approximate surface area is 111 Å². The molecule has 1 unspecified atom stereocenters. The van der Waals surface area contributed by atoms with Crippen LogP contribution < -0.4 is 10.6 Å². The molecule has 0 bridgehead atoms. The lowest BCUT2D eigenvalue weighted by Gasteiger charge is -2.14. The van der Waals surface area contributed by atoms with Crippen LogP contribution in [-0.2, 0) is 18.4 Å². The molecule has 8 heteroatoms. The molecule has 2 amide bonds. The number of carboxylic acid groups (broad SMARTS) is 1. The number of rotatable bonds is 7. The van der Waals surface area contributed by atoms with Gasteiger partial charge in [0.2, 0.25) is 0 Å².